The van der Waals surface area contributed by atoms with Crippen molar-refractivity contribution in [2.75, 3.05) is 5.75 Å². The van der Waals surface area contributed by atoms with Crippen LogP contribution in [0, 0.1) is 0 Å². The minimum atomic E-state index is -1.45. The molecule has 4 atom stereocenters. The fourth-order valence-corrected chi connectivity index (χ4v) is 3.35. The van der Waals surface area contributed by atoms with E-state index in [4.69, 9.17) is 10.5 Å². The average molecular weight is 393 g/mol. The van der Waals surface area contributed by atoms with E-state index < -0.39 is 41.4 Å². The molecule has 8 nitrogen and oxygen atoms in total. The summed E-state index contributed by atoms with van der Waals surface area (Å²) in [6.45, 7) is 0. The molecular formula is C18H19NO7S. The van der Waals surface area contributed by atoms with Crippen molar-refractivity contribution in [1.82, 2.24) is 0 Å². The van der Waals surface area contributed by atoms with Crippen LogP contribution in [0.2, 0.25) is 0 Å². The first-order valence-electron chi connectivity index (χ1n) is 8.07. The number of fused-ring (bicyclic) bond motifs is 1. The van der Waals surface area contributed by atoms with Crippen molar-refractivity contribution in [2.24, 2.45) is 5.73 Å². The van der Waals surface area contributed by atoms with Gasteiger partial charge in [-0.25, -0.2) is 0 Å². The summed E-state index contributed by atoms with van der Waals surface area (Å²) >= 11 is 4.01. The minimum absolute atomic E-state index is 0.0000732. The van der Waals surface area contributed by atoms with E-state index in [-0.39, 0.29) is 34.1 Å². The largest absolute Gasteiger partial charge is 0.508 e. The lowest BCUT2D eigenvalue weighted by Gasteiger charge is -2.37. The third-order valence-corrected chi connectivity index (χ3v) is 4.91. The monoisotopic (exact) mass is 393 g/mol. The molecule has 3 rings (SSSR count). The van der Waals surface area contributed by atoms with Gasteiger partial charge in [0.15, 0.2) is 23.4 Å². The summed E-state index contributed by atoms with van der Waals surface area (Å²) in [5.41, 5.74) is 6.09. The number of carbonyl (C=O) groups is 1. The third-order valence-electron chi connectivity index (χ3n) is 4.52. The molecule has 0 saturated carbocycles. The molecule has 0 spiro atoms. The Labute approximate surface area is 159 Å². The first-order chi connectivity index (χ1) is 12.7. The van der Waals surface area contributed by atoms with E-state index >= 15 is 0 Å². The number of carbonyl (C=O) groups excluding carboxylic acids is 1. The number of phenolic OH excluding ortho intramolecular Hbond substituents is 4. The first-order valence-corrected chi connectivity index (χ1v) is 8.70. The quantitative estimate of drug-likeness (QED) is 0.299. The summed E-state index contributed by atoms with van der Waals surface area (Å²) in [4.78, 5) is 12.8. The van der Waals surface area contributed by atoms with Gasteiger partial charge in [0, 0.05) is 23.4 Å². The normalized spacial score (nSPS) is 22.6. The molecule has 2 unspecified atom stereocenters. The highest BCUT2D eigenvalue weighted by atomic mass is 32.1. The van der Waals surface area contributed by atoms with Crippen molar-refractivity contribution in [1.29, 1.82) is 0 Å². The van der Waals surface area contributed by atoms with E-state index in [0.717, 1.165) is 6.07 Å². The van der Waals surface area contributed by atoms with Crippen LogP contribution in [0.1, 0.15) is 23.1 Å². The summed E-state index contributed by atoms with van der Waals surface area (Å²) in [5, 5.41) is 50.1. The van der Waals surface area contributed by atoms with Crippen molar-refractivity contribution in [2.45, 2.75) is 24.2 Å². The van der Waals surface area contributed by atoms with Crippen molar-refractivity contribution in [3.05, 3.63) is 41.5 Å². The summed E-state index contributed by atoms with van der Waals surface area (Å²) in [5.74, 6) is -3.26. The molecule has 0 amide bonds. The fraction of sp³-hybridized carbons (Fsp3) is 0.278. The van der Waals surface area contributed by atoms with Crippen LogP contribution in [0.25, 0.3) is 0 Å². The van der Waals surface area contributed by atoms with Crippen LogP contribution >= 0.6 is 12.6 Å². The van der Waals surface area contributed by atoms with Crippen LogP contribution in [0.4, 0.5) is 0 Å². The van der Waals surface area contributed by atoms with Crippen LogP contribution in [-0.4, -0.2) is 49.2 Å². The Morgan fingerprint density at radius 1 is 1.11 bits per heavy atom. The Hall–Kier alpha value is -2.62. The number of hydrogen-bond donors (Lipinski definition) is 7. The van der Waals surface area contributed by atoms with Gasteiger partial charge < -0.3 is 36.0 Å². The van der Waals surface area contributed by atoms with Gasteiger partial charge in [0.2, 0.25) is 0 Å². The molecule has 2 aromatic rings. The molecule has 0 saturated heterocycles. The highest BCUT2D eigenvalue weighted by Crippen LogP contribution is 2.49. The Morgan fingerprint density at radius 3 is 2.44 bits per heavy atom. The number of aliphatic hydroxyl groups is 1. The van der Waals surface area contributed by atoms with E-state index in [1.807, 2.05) is 0 Å². The molecule has 7 N–H and O–H groups in total. The number of phenols is 4. The lowest BCUT2D eigenvalue weighted by atomic mass is 9.79. The molecule has 144 valence electrons. The smallest absolute Gasteiger partial charge is 0.160 e. The van der Waals surface area contributed by atoms with Gasteiger partial charge in [-0.05, 0) is 17.7 Å². The van der Waals surface area contributed by atoms with Gasteiger partial charge in [-0.2, -0.15) is 12.6 Å². The molecule has 27 heavy (non-hydrogen) atoms. The third kappa shape index (κ3) is 3.36. The Bertz CT molecular complexity index is 888. The summed E-state index contributed by atoms with van der Waals surface area (Å²) in [6.07, 6.45) is -2.57. The number of ether oxygens (including phenoxy) is 1. The average Bonchev–Trinajstić information content (AvgIpc) is 2.62. The molecule has 0 aliphatic carbocycles. The second kappa shape index (κ2) is 7.18. The number of aromatic hydroxyl groups is 4. The molecule has 1 heterocycles. The zero-order valence-corrected chi connectivity index (χ0v) is 14.9. The molecule has 1 aliphatic rings. The zero-order chi connectivity index (χ0) is 19.9. The number of hydrogen-bond acceptors (Lipinski definition) is 9. The predicted molar refractivity (Wildman–Crippen MR) is 98.5 cm³/mol. The summed E-state index contributed by atoms with van der Waals surface area (Å²) in [7, 11) is 0. The number of rotatable bonds is 4. The fourth-order valence-electron chi connectivity index (χ4n) is 3.17. The Balaban J connectivity index is 2.14. The molecule has 0 radical (unpaired) electrons. The Kier molecular flexibility index (Phi) is 5.09. The molecule has 1 aliphatic heterocycles. The number of thiol groups is 1. The van der Waals surface area contributed by atoms with Gasteiger partial charge in [-0.1, -0.05) is 6.07 Å². The van der Waals surface area contributed by atoms with Crippen LogP contribution < -0.4 is 10.5 Å². The molecular weight excluding hydrogens is 374 g/mol. The standard InChI is InChI=1S/C18H19NO7S/c19-9(6-27)16(24)15-14-12(23)4-8(20)5-13(14)26-18(17(15)25)7-1-2-10(21)11(22)3-7/h1-5,9,15,17-18,20-23,25,27H,6,19H2/t9?,15?,17-,18-/m1/s1. The predicted octanol–water partition coefficient (Wildman–Crippen LogP) is 0.913. The SMILES string of the molecule is NC(CS)C(=O)C1c2c(O)cc(O)cc2O[C@H](c2ccc(O)c(O)c2)[C@@H]1O. The van der Waals surface area contributed by atoms with Crippen LogP contribution in [0.5, 0.6) is 28.7 Å². The number of Topliss-reactive ketones (excluding diaryl/α,β-unsaturated/α-hetero) is 1. The second-order valence-corrected chi connectivity index (χ2v) is 6.69. The molecule has 9 heteroatoms. The van der Waals surface area contributed by atoms with Gasteiger partial charge in [0.25, 0.3) is 0 Å². The van der Waals surface area contributed by atoms with E-state index in [0.29, 0.717) is 0 Å². The van der Waals surface area contributed by atoms with Crippen molar-refractivity contribution in [3.8, 4) is 28.7 Å². The van der Waals surface area contributed by atoms with E-state index in [1.54, 1.807) is 0 Å². The molecule has 0 aromatic heterocycles. The number of nitrogens with two attached hydrogens (primary N) is 1. The Morgan fingerprint density at radius 2 is 1.81 bits per heavy atom. The van der Waals surface area contributed by atoms with Crippen molar-refractivity contribution >= 4 is 18.4 Å². The van der Waals surface area contributed by atoms with Gasteiger partial charge in [0.1, 0.15) is 23.4 Å². The lowest BCUT2D eigenvalue weighted by molar-refractivity contribution is -0.127. The summed E-state index contributed by atoms with van der Waals surface area (Å²) in [6, 6.07) is 5.07. The van der Waals surface area contributed by atoms with E-state index in [9.17, 15) is 30.3 Å². The number of benzene rings is 2. The highest BCUT2D eigenvalue weighted by molar-refractivity contribution is 7.80. The van der Waals surface area contributed by atoms with Crippen molar-refractivity contribution < 1.29 is 35.1 Å². The zero-order valence-electron chi connectivity index (χ0n) is 14.0. The van der Waals surface area contributed by atoms with E-state index in [1.165, 1.54) is 24.3 Å². The van der Waals surface area contributed by atoms with Gasteiger partial charge >= 0.3 is 0 Å². The maximum atomic E-state index is 12.8. The van der Waals surface area contributed by atoms with Gasteiger partial charge in [-0.3, -0.25) is 4.79 Å². The lowest BCUT2D eigenvalue weighted by Crippen LogP contribution is -2.45. The molecule has 0 bridgehead atoms. The van der Waals surface area contributed by atoms with Crippen molar-refractivity contribution in [3.63, 3.8) is 0 Å². The first kappa shape index (κ1) is 19.2. The number of aliphatic hydroxyl groups excluding tert-OH is 1. The topological polar surface area (TPSA) is 153 Å². The minimum Gasteiger partial charge on any atom is -0.508 e. The van der Waals surface area contributed by atoms with Crippen LogP contribution in [-0.2, 0) is 4.79 Å². The maximum Gasteiger partial charge on any atom is 0.160 e. The van der Waals surface area contributed by atoms with Crippen LogP contribution in [0.15, 0.2) is 30.3 Å². The van der Waals surface area contributed by atoms with E-state index in [2.05, 4.69) is 12.6 Å². The molecule has 2 aromatic carbocycles. The molecule has 0 fully saturated rings. The highest BCUT2D eigenvalue weighted by Gasteiger charge is 2.45. The van der Waals surface area contributed by atoms with Crippen LogP contribution in [0.3, 0.4) is 0 Å². The van der Waals surface area contributed by atoms with Gasteiger partial charge in [0.05, 0.1) is 12.0 Å². The second-order valence-electron chi connectivity index (χ2n) is 6.32. The number of ketones is 1. The van der Waals surface area contributed by atoms with Gasteiger partial charge in [-0.15, -0.1) is 0 Å². The summed E-state index contributed by atoms with van der Waals surface area (Å²) < 4.78 is 5.71. The maximum absolute atomic E-state index is 12.8.